The van der Waals surface area contributed by atoms with E-state index in [0.29, 0.717) is 10.0 Å². The molecule has 0 aliphatic carbocycles. The Morgan fingerprint density at radius 3 is 2.78 bits per heavy atom. The Kier molecular flexibility index (Phi) is 3.84. The number of nitrogens with zero attached hydrogens (tertiary/aromatic N) is 2. The molecule has 0 unspecified atom stereocenters. The van der Waals surface area contributed by atoms with E-state index in [0.717, 1.165) is 40.2 Å². The van der Waals surface area contributed by atoms with Crippen molar-refractivity contribution in [2.75, 3.05) is 11.9 Å². The van der Waals surface area contributed by atoms with Crippen LogP contribution in [-0.2, 0) is 6.42 Å². The molecule has 2 aromatic carbocycles. The first-order valence-corrected chi connectivity index (χ1v) is 8.76. The molecular weight excluding hydrogens is 397 g/mol. The molecule has 6 heteroatoms. The van der Waals surface area contributed by atoms with Crippen LogP contribution in [0.4, 0.5) is 5.82 Å². The summed E-state index contributed by atoms with van der Waals surface area (Å²) in [5, 5.41) is 9.31. The van der Waals surface area contributed by atoms with Crippen molar-refractivity contribution in [2.45, 2.75) is 6.42 Å². The van der Waals surface area contributed by atoms with E-state index in [9.17, 15) is 0 Å². The molecule has 0 saturated heterocycles. The lowest BCUT2D eigenvalue weighted by molar-refractivity contribution is 0.882. The number of anilines is 1. The van der Waals surface area contributed by atoms with Crippen molar-refractivity contribution in [3.05, 3.63) is 62.5 Å². The molecule has 1 aromatic heterocycles. The first-order valence-electron chi connectivity index (χ1n) is 7.21. The highest BCUT2D eigenvalue weighted by molar-refractivity contribution is 9.10. The Labute approximate surface area is 152 Å². The molecule has 0 saturated carbocycles. The Balaban J connectivity index is 1.93. The third-order valence-corrected chi connectivity index (χ3v) is 5.22. The van der Waals surface area contributed by atoms with Gasteiger partial charge in [-0.2, -0.15) is 5.10 Å². The van der Waals surface area contributed by atoms with Crippen LogP contribution in [0, 0.1) is 0 Å². The van der Waals surface area contributed by atoms with Gasteiger partial charge in [0.25, 0.3) is 0 Å². The topological polar surface area (TPSA) is 29.9 Å². The molecule has 1 aliphatic rings. The smallest absolute Gasteiger partial charge is 0.133 e. The maximum atomic E-state index is 6.40. The van der Waals surface area contributed by atoms with Gasteiger partial charge in [0.05, 0.1) is 21.4 Å². The number of halogens is 3. The highest BCUT2D eigenvalue weighted by Crippen LogP contribution is 2.39. The molecule has 1 N–H and O–H groups in total. The van der Waals surface area contributed by atoms with Gasteiger partial charge in [0, 0.05) is 22.1 Å². The van der Waals surface area contributed by atoms with Gasteiger partial charge < -0.3 is 5.32 Å². The highest BCUT2D eigenvalue weighted by atomic mass is 79.9. The zero-order chi connectivity index (χ0) is 16.0. The molecule has 23 heavy (non-hydrogen) atoms. The molecule has 1 aliphatic heterocycles. The molecule has 0 fully saturated rings. The fourth-order valence-corrected chi connectivity index (χ4v) is 3.65. The molecule has 3 aromatic rings. The van der Waals surface area contributed by atoms with Crippen LogP contribution in [0.15, 0.2) is 46.9 Å². The molecule has 4 rings (SSSR count). The van der Waals surface area contributed by atoms with Crippen molar-refractivity contribution < 1.29 is 0 Å². The standard InChI is InChI=1S/C17H12BrCl2N3/c18-10-3-1-4-11(9-10)23-17-13(7-8-21-17)16(22-23)12-5-2-6-14(19)15(12)20/h1-6,9,21H,7-8H2. The maximum absolute atomic E-state index is 6.40. The van der Waals surface area contributed by atoms with Crippen LogP contribution in [0.1, 0.15) is 5.56 Å². The summed E-state index contributed by atoms with van der Waals surface area (Å²) < 4.78 is 2.94. The van der Waals surface area contributed by atoms with Crippen LogP contribution in [0.3, 0.4) is 0 Å². The summed E-state index contributed by atoms with van der Waals surface area (Å²) in [5.41, 5.74) is 3.92. The number of hydrogen-bond acceptors (Lipinski definition) is 2. The number of benzene rings is 2. The van der Waals surface area contributed by atoms with E-state index in [1.54, 1.807) is 6.07 Å². The normalized spacial score (nSPS) is 13.0. The van der Waals surface area contributed by atoms with Crippen molar-refractivity contribution >= 4 is 44.9 Å². The number of fused-ring (bicyclic) bond motifs is 1. The van der Waals surface area contributed by atoms with Crippen molar-refractivity contribution in [2.24, 2.45) is 0 Å². The van der Waals surface area contributed by atoms with Gasteiger partial charge in [-0.25, -0.2) is 4.68 Å². The second-order valence-electron chi connectivity index (χ2n) is 5.35. The minimum Gasteiger partial charge on any atom is -0.369 e. The number of nitrogens with one attached hydrogen (secondary N) is 1. The largest absolute Gasteiger partial charge is 0.369 e. The van der Waals surface area contributed by atoms with Gasteiger partial charge in [0.15, 0.2) is 0 Å². The van der Waals surface area contributed by atoms with Gasteiger partial charge in [-0.3, -0.25) is 0 Å². The SMILES string of the molecule is Clc1cccc(-c2nn(-c3cccc(Br)c3)c3c2CCN3)c1Cl. The third-order valence-electron chi connectivity index (χ3n) is 3.91. The van der Waals surface area contributed by atoms with E-state index in [2.05, 4.69) is 21.2 Å². The predicted molar refractivity (Wildman–Crippen MR) is 98.9 cm³/mol. The number of hydrogen-bond donors (Lipinski definition) is 1. The van der Waals surface area contributed by atoms with Crippen molar-refractivity contribution in [1.82, 2.24) is 9.78 Å². The lowest BCUT2D eigenvalue weighted by Crippen LogP contribution is -2.04. The summed E-state index contributed by atoms with van der Waals surface area (Å²) in [4.78, 5) is 0. The minimum absolute atomic E-state index is 0.542. The Bertz CT molecular complexity index is 905. The molecule has 0 radical (unpaired) electrons. The van der Waals surface area contributed by atoms with Crippen LogP contribution < -0.4 is 5.32 Å². The Hall–Kier alpha value is -1.49. The predicted octanol–water partition coefficient (Wildman–Crippen LogP) is 5.58. The summed E-state index contributed by atoms with van der Waals surface area (Å²) in [6, 6.07) is 13.7. The molecular formula is C17H12BrCl2N3. The molecule has 116 valence electrons. The van der Waals surface area contributed by atoms with Crippen molar-refractivity contribution in [1.29, 1.82) is 0 Å². The average molecular weight is 409 g/mol. The first kappa shape index (κ1) is 15.1. The van der Waals surface area contributed by atoms with E-state index >= 15 is 0 Å². The second-order valence-corrected chi connectivity index (χ2v) is 7.05. The second kappa shape index (κ2) is 5.86. The van der Waals surface area contributed by atoms with Gasteiger partial charge in [-0.1, -0.05) is 57.3 Å². The molecule has 0 spiro atoms. The Morgan fingerprint density at radius 1 is 1.13 bits per heavy atom. The van der Waals surface area contributed by atoms with Gasteiger partial charge in [0.1, 0.15) is 5.82 Å². The van der Waals surface area contributed by atoms with Crippen LogP contribution >= 0.6 is 39.1 Å². The first-order chi connectivity index (χ1) is 11.1. The average Bonchev–Trinajstić information content (AvgIpc) is 3.12. The van der Waals surface area contributed by atoms with Crippen LogP contribution in [-0.4, -0.2) is 16.3 Å². The quantitative estimate of drug-likeness (QED) is 0.600. The van der Waals surface area contributed by atoms with E-state index in [4.69, 9.17) is 28.3 Å². The molecule has 0 amide bonds. The van der Waals surface area contributed by atoms with Crippen LogP contribution in [0.2, 0.25) is 10.0 Å². The van der Waals surface area contributed by atoms with E-state index in [-0.39, 0.29) is 0 Å². The van der Waals surface area contributed by atoms with E-state index < -0.39 is 0 Å². The maximum Gasteiger partial charge on any atom is 0.133 e. The molecule has 2 heterocycles. The van der Waals surface area contributed by atoms with Crippen molar-refractivity contribution in [3.63, 3.8) is 0 Å². The number of aromatic nitrogens is 2. The van der Waals surface area contributed by atoms with Gasteiger partial charge >= 0.3 is 0 Å². The van der Waals surface area contributed by atoms with Crippen LogP contribution in [0.25, 0.3) is 16.9 Å². The molecule has 0 bridgehead atoms. The highest BCUT2D eigenvalue weighted by Gasteiger charge is 2.25. The summed E-state index contributed by atoms with van der Waals surface area (Å²) in [6.07, 6.45) is 0.918. The van der Waals surface area contributed by atoms with E-state index in [1.807, 2.05) is 41.1 Å². The lowest BCUT2D eigenvalue weighted by atomic mass is 10.1. The summed E-state index contributed by atoms with van der Waals surface area (Å²) in [5.74, 6) is 1.02. The lowest BCUT2D eigenvalue weighted by Gasteiger charge is -2.07. The number of rotatable bonds is 2. The van der Waals surface area contributed by atoms with E-state index in [1.165, 1.54) is 5.56 Å². The Morgan fingerprint density at radius 2 is 1.96 bits per heavy atom. The van der Waals surface area contributed by atoms with Crippen molar-refractivity contribution in [3.8, 4) is 16.9 Å². The third kappa shape index (κ3) is 2.55. The van der Waals surface area contributed by atoms with Gasteiger partial charge in [-0.05, 0) is 30.7 Å². The summed E-state index contributed by atoms with van der Waals surface area (Å²) >= 11 is 16.1. The molecule has 3 nitrogen and oxygen atoms in total. The van der Waals surface area contributed by atoms with Gasteiger partial charge in [0.2, 0.25) is 0 Å². The monoisotopic (exact) mass is 407 g/mol. The zero-order valence-corrected chi connectivity index (χ0v) is 15.1. The fourth-order valence-electron chi connectivity index (χ4n) is 2.87. The molecule has 0 atom stereocenters. The summed E-state index contributed by atoms with van der Waals surface area (Å²) in [6.45, 7) is 0.895. The van der Waals surface area contributed by atoms with Gasteiger partial charge in [-0.15, -0.1) is 0 Å². The van der Waals surface area contributed by atoms with Crippen LogP contribution in [0.5, 0.6) is 0 Å². The fraction of sp³-hybridized carbons (Fsp3) is 0.118. The zero-order valence-electron chi connectivity index (χ0n) is 12.0. The summed E-state index contributed by atoms with van der Waals surface area (Å²) in [7, 11) is 0. The minimum atomic E-state index is 0.542.